The molecule has 1 aliphatic rings. The molecular weight excluding hydrogens is 254 g/mol. The molecule has 0 aromatic heterocycles. The number of hydrogen-bond acceptors (Lipinski definition) is 3. The molecule has 0 spiro atoms. The van der Waals surface area contributed by atoms with E-state index in [4.69, 9.17) is 0 Å². The molecule has 0 bridgehead atoms. The lowest BCUT2D eigenvalue weighted by Crippen LogP contribution is -2.12. The number of hydrogen-bond donors (Lipinski definition) is 1. The van der Waals surface area contributed by atoms with Gasteiger partial charge in [0, 0.05) is 12.1 Å². The van der Waals surface area contributed by atoms with Crippen LogP contribution in [0.5, 0.6) is 0 Å². The molecule has 100 valence electrons. The number of fused-ring (bicyclic) bond motifs is 1. The van der Waals surface area contributed by atoms with Crippen LogP contribution in [0.4, 0.5) is 0 Å². The summed E-state index contributed by atoms with van der Waals surface area (Å²) in [5.74, 6) is -0.391. The van der Waals surface area contributed by atoms with Gasteiger partial charge in [-0.3, -0.25) is 4.79 Å². The molecule has 0 saturated heterocycles. The molecule has 0 aliphatic carbocycles. The number of rotatable bonds is 2. The van der Waals surface area contributed by atoms with Crippen molar-refractivity contribution < 1.29 is 14.3 Å². The molecule has 1 N–H and O–H groups in total. The molecule has 0 atom stereocenters. The Labute approximate surface area is 116 Å². The highest BCUT2D eigenvalue weighted by molar-refractivity contribution is 5.99. The molecule has 4 nitrogen and oxygen atoms in total. The molecule has 0 fully saturated rings. The van der Waals surface area contributed by atoms with Crippen molar-refractivity contribution in [3.63, 3.8) is 0 Å². The van der Waals surface area contributed by atoms with E-state index in [1.54, 1.807) is 12.1 Å². The summed E-state index contributed by atoms with van der Waals surface area (Å²) in [6, 6.07) is 12.9. The number of esters is 1. The third-order valence-electron chi connectivity index (χ3n) is 3.43. The molecule has 0 radical (unpaired) electrons. The lowest BCUT2D eigenvalue weighted by atomic mass is 9.99. The van der Waals surface area contributed by atoms with Crippen LogP contribution in [0.2, 0.25) is 0 Å². The first-order valence-electron chi connectivity index (χ1n) is 6.29. The topological polar surface area (TPSA) is 55.4 Å². The van der Waals surface area contributed by atoms with Gasteiger partial charge in [-0.2, -0.15) is 0 Å². The fourth-order valence-corrected chi connectivity index (χ4v) is 2.31. The molecule has 1 amide bonds. The largest absolute Gasteiger partial charge is 0.465 e. The Morgan fingerprint density at radius 1 is 1.10 bits per heavy atom. The monoisotopic (exact) mass is 267 g/mol. The molecule has 1 aliphatic heterocycles. The van der Waals surface area contributed by atoms with Crippen LogP contribution in [0.3, 0.4) is 0 Å². The predicted molar refractivity (Wildman–Crippen MR) is 74.4 cm³/mol. The van der Waals surface area contributed by atoms with Crippen LogP contribution in [0.1, 0.15) is 26.3 Å². The number of carbonyl (C=O) groups is 2. The average molecular weight is 267 g/mol. The fraction of sp³-hybridized carbons (Fsp3) is 0.125. The highest BCUT2D eigenvalue weighted by atomic mass is 16.5. The first-order valence-corrected chi connectivity index (χ1v) is 6.29. The van der Waals surface area contributed by atoms with E-state index in [9.17, 15) is 9.59 Å². The summed E-state index contributed by atoms with van der Waals surface area (Å²) in [4.78, 5) is 23.0. The van der Waals surface area contributed by atoms with Crippen molar-refractivity contribution in [2.45, 2.75) is 6.54 Å². The van der Waals surface area contributed by atoms with E-state index in [2.05, 4.69) is 10.1 Å². The first-order chi connectivity index (χ1) is 9.69. The molecule has 2 aromatic rings. The molecule has 1 heterocycles. The van der Waals surface area contributed by atoms with Crippen LogP contribution in [0.25, 0.3) is 11.1 Å². The second-order valence-electron chi connectivity index (χ2n) is 4.62. The van der Waals surface area contributed by atoms with Gasteiger partial charge in [0.1, 0.15) is 0 Å². The fourth-order valence-electron chi connectivity index (χ4n) is 2.31. The van der Waals surface area contributed by atoms with Crippen LogP contribution in [0, 0.1) is 0 Å². The molecule has 3 rings (SSSR count). The Balaban J connectivity index is 1.96. The second kappa shape index (κ2) is 4.81. The van der Waals surface area contributed by atoms with E-state index in [0.29, 0.717) is 12.1 Å². The van der Waals surface area contributed by atoms with Crippen molar-refractivity contribution in [2.24, 2.45) is 0 Å². The van der Waals surface area contributed by atoms with E-state index in [-0.39, 0.29) is 11.9 Å². The highest BCUT2D eigenvalue weighted by Crippen LogP contribution is 2.25. The third kappa shape index (κ3) is 2.05. The lowest BCUT2D eigenvalue weighted by Gasteiger charge is -2.05. The SMILES string of the molecule is COC(=O)c1ccc(-c2ccc3c(c2)C(=O)NC3)cc1. The molecule has 4 heteroatoms. The number of carbonyl (C=O) groups excluding carboxylic acids is 2. The van der Waals surface area contributed by atoms with Crippen molar-refractivity contribution in [2.75, 3.05) is 7.11 Å². The number of nitrogens with one attached hydrogen (secondary N) is 1. The van der Waals surface area contributed by atoms with Crippen molar-refractivity contribution in [1.82, 2.24) is 5.32 Å². The number of amides is 1. The molecule has 0 unspecified atom stereocenters. The minimum Gasteiger partial charge on any atom is -0.465 e. The summed E-state index contributed by atoms with van der Waals surface area (Å²) in [6.07, 6.45) is 0. The number of ether oxygens (including phenoxy) is 1. The summed E-state index contributed by atoms with van der Waals surface area (Å²) in [7, 11) is 1.36. The third-order valence-corrected chi connectivity index (χ3v) is 3.43. The maximum Gasteiger partial charge on any atom is 0.337 e. The Morgan fingerprint density at radius 3 is 2.50 bits per heavy atom. The Morgan fingerprint density at radius 2 is 1.80 bits per heavy atom. The summed E-state index contributed by atoms with van der Waals surface area (Å²) >= 11 is 0. The Kier molecular flexibility index (Phi) is 2.99. The minimum atomic E-state index is -0.357. The van der Waals surface area contributed by atoms with Crippen LogP contribution in [0.15, 0.2) is 42.5 Å². The van der Waals surface area contributed by atoms with Crippen LogP contribution >= 0.6 is 0 Å². The zero-order valence-corrected chi connectivity index (χ0v) is 11.0. The van der Waals surface area contributed by atoms with Crippen molar-refractivity contribution in [1.29, 1.82) is 0 Å². The van der Waals surface area contributed by atoms with Gasteiger partial charge in [-0.05, 0) is 34.9 Å². The summed E-state index contributed by atoms with van der Waals surface area (Å²) in [5, 5.41) is 2.80. The quantitative estimate of drug-likeness (QED) is 0.850. The van der Waals surface area contributed by atoms with Gasteiger partial charge < -0.3 is 10.1 Å². The van der Waals surface area contributed by atoms with Crippen LogP contribution in [-0.4, -0.2) is 19.0 Å². The molecule has 20 heavy (non-hydrogen) atoms. The average Bonchev–Trinajstić information content (AvgIpc) is 2.87. The van der Waals surface area contributed by atoms with Gasteiger partial charge >= 0.3 is 5.97 Å². The molecular formula is C16H13NO3. The summed E-state index contributed by atoms with van der Waals surface area (Å²) in [5.41, 5.74) is 4.16. The van der Waals surface area contributed by atoms with Gasteiger partial charge in [-0.15, -0.1) is 0 Å². The Bertz CT molecular complexity index is 689. The van der Waals surface area contributed by atoms with Crippen molar-refractivity contribution in [3.8, 4) is 11.1 Å². The maximum atomic E-state index is 11.7. The standard InChI is InChI=1S/C16H13NO3/c1-20-16(19)11-4-2-10(3-5-11)12-6-7-13-9-17-15(18)14(13)8-12/h2-8H,9H2,1H3,(H,17,18). The highest BCUT2D eigenvalue weighted by Gasteiger charge is 2.18. The number of benzene rings is 2. The van der Waals surface area contributed by atoms with Crippen LogP contribution < -0.4 is 5.32 Å². The second-order valence-corrected chi connectivity index (χ2v) is 4.62. The smallest absolute Gasteiger partial charge is 0.337 e. The van der Waals surface area contributed by atoms with Gasteiger partial charge in [-0.25, -0.2) is 4.79 Å². The number of methoxy groups -OCH3 is 1. The maximum absolute atomic E-state index is 11.7. The van der Waals surface area contributed by atoms with Crippen molar-refractivity contribution in [3.05, 3.63) is 59.2 Å². The molecule has 2 aromatic carbocycles. The van der Waals surface area contributed by atoms with E-state index in [0.717, 1.165) is 22.3 Å². The van der Waals surface area contributed by atoms with Gasteiger partial charge in [-0.1, -0.05) is 24.3 Å². The summed E-state index contributed by atoms with van der Waals surface area (Å²) < 4.78 is 4.66. The van der Waals surface area contributed by atoms with Gasteiger partial charge in [0.25, 0.3) is 5.91 Å². The van der Waals surface area contributed by atoms with Crippen LogP contribution in [-0.2, 0) is 11.3 Å². The normalized spacial score (nSPS) is 12.8. The van der Waals surface area contributed by atoms with Gasteiger partial charge in [0.15, 0.2) is 0 Å². The minimum absolute atomic E-state index is 0.0342. The van der Waals surface area contributed by atoms with E-state index in [1.807, 2.05) is 30.3 Å². The first kappa shape index (κ1) is 12.4. The zero-order chi connectivity index (χ0) is 14.1. The van der Waals surface area contributed by atoms with E-state index >= 15 is 0 Å². The van der Waals surface area contributed by atoms with E-state index < -0.39 is 0 Å². The van der Waals surface area contributed by atoms with E-state index in [1.165, 1.54) is 7.11 Å². The predicted octanol–water partition coefficient (Wildman–Crippen LogP) is 2.38. The van der Waals surface area contributed by atoms with Crippen molar-refractivity contribution >= 4 is 11.9 Å². The summed E-state index contributed by atoms with van der Waals surface area (Å²) in [6.45, 7) is 0.593. The lowest BCUT2D eigenvalue weighted by molar-refractivity contribution is 0.0600. The molecule has 0 saturated carbocycles. The van der Waals surface area contributed by atoms with Gasteiger partial charge in [0.2, 0.25) is 0 Å². The van der Waals surface area contributed by atoms with Gasteiger partial charge in [0.05, 0.1) is 12.7 Å². The Hall–Kier alpha value is -2.62. The zero-order valence-electron chi connectivity index (χ0n) is 11.0.